The third kappa shape index (κ3) is 9.15. The van der Waals surface area contributed by atoms with Crippen molar-refractivity contribution in [1.29, 1.82) is 0 Å². The van der Waals surface area contributed by atoms with E-state index in [0.29, 0.717) is 0 Å². The van der Waals surface area contributed by atoms with E-state index in [1.54, 1.807) is 0 Å². The summed E-state index contributed by atoms with van der Waals surface area (Å²) in [5.74, 6) is 0.276. The Morgan fingerprint density at radius 3 is 1.30 bits per heavy atom. The van der Waals surface area contributed by atoms with Gasteiger partial charge >= 0.3 is 0 Å². The first-order chi connectivity index (χ1) is 41.3. The highest BCUT2D eigenvalue weighted by atomic mass is 14.4. The van der Waals surface area contributed by atoms with Crippen LogP contribution in [0.1, 0.15) is 153 Å². The molecule has 15 rings (SSSR count). The van der Waals surface area contributed by atoms with Gasteiger partial charge in [0.25, 0.3) is 0 Å². The van der Waals surface area contributed by atoms with Gasteiger partial charge in [-0.15, -0.1) is 0 Å². The van der Waals surface area contributed by atoms with Crippen LogP contribution in [0.5, 0.6) is 0 Å². The molecule has 4 aliphatic rings. The van der Waals surface area contributed by atoms with Crippen molar-refractivity contribution in [1.82, 2.24) is 0 Å². The monoisotopic (exact) mass is 1120 g/mol. The predicted molar refractivity (Wildman–Crippen MR) is 375 cm³/mol. The summed E-state index contributed by atoms with van der Waals surface area (Å²) in [4.78, 5) is 0. The van der Waals surface area contributed by atoms with E-state index in [9.17, 15) is 0 Å². The van der Waals surface area contributed by atoms with E-state index in [-0.39, 0.29) is 33.0 Å². The van der Waals surface area contributed by atoms with Gasteiger partial charge in [-0.05, 0) is 230 Å². The molecule has 0 amide bonds. The smallest absolute Gasteiger partial charge is 0.0352 e. The van der Waals surface area contributed by atoms with Crippen molar-refractivity contribution in [3.63, 3.8) is 0 Å². The molecule has 0 spiro atoms. The normalized spacial score (nSPS) is 16.1. The van der Waals surface area contributed by atoms with Crippen LogP contribution in [0.3, 0.4) is 0 Å². The van der Waals surface area contributed by atoms with E-state index in [1.807, 2.05) is 0 Å². The summed E-state index contributed by atoms with van der Waals surface area (Å²) in [5.41, 5.74) is 33.4. The zero-order valence-corrected chi connectivity index (χ0v) is 53.5. The highest BCUT2D eigenvalue weighted by Gasteiger charge is 2.39. The summed E-state index contributed by atoms with van der Waals surface area (Å²) < 4.78 is 0. The first-order valence-corrected chi connectivity index (χ1v) is 31.9. The molecule has 0 N–H and O–H groups in total. The average molecular weight is 1130 g/mol. The number of hydrogen-bond donors (Lipinski definition) is 0. The molecule has 0 heteroatoms. The molecule has 0 saturated heterocycles. The summed E-state index contributed by atoms with van der Waals surface area (Å²) in [6, 6.07) is 73.2. The van der Waals surface area contributed by atoms with E-state index in [2.05, 4.69) is 309 Å². The summed E-state index contributed by atoms with van der Waals surface area (Å²) in [7, 11) is 0. The maximum atomic E-state index is 2.52. The molecule has 0 aromatic heterocycles. The van der Waals surface area contributed by atoms with Gasteiger partial charge in [0.05, 0.1) is 0 Å². The van der Waals surface area contributed by atoms with Crippen molar-refractivity contribution in [2.75, 3.05) is 0 Å². The molecule has 1 atom stereocenters. The van der Waals surface area contributed by atoms with Gasteiger partial charge in [0, 0.05) is 11.3 Å². The van der Waals surface area contributed by atoms with E-state index in [0.717, 1.165) is 6.42 Å². The fraction of sp³-hybridized carbons (Fsp3) is 0.241. The Balaban J connectivity index is 0.674. The van der Waals surface area contributed by atoms with Crippen LogP contribution in [-0.4, -0.2) is 0 Å². The van der Waals surface area contributed by atoms with Gasteiger partial charge in [0.1, 0.15) is 0 Å². The predicted octanol–water partition coefficient (Wildman–Crippen LogP) is 24.2. The van der Waals surface area contributed by atoms with Crippen molar-refractivity contribution in [2.45, 2.75) is 131 Å². The van der Waals surface area contributed by atoms with Crippen molar-refractivity contribution in [2.24, 2.45) is 5.41 Å². The lowest BCUT2D eigenvalue weighted by molar-refractivity contribution is 0.513. The quantitative estimate of drug-likeness (QED) is 0.146. The van der Waals surface area contributed by atoms with E-state index < -0.39 is 0 Å². The molecular weight excluding hydrogens is 1040 g/mol. The highest BCUT2D eigenvalue weighted by molar-refractivity contribution is 6.26. The first-order valence-electron chi connectivity index (χ1n) is 31.9. The topological polar surface area (TPSA) is 0 Å². The average Bonchev–Trinajstić information content (AvgIpc) is 1.11. The molecule has 0 radical (unpaired) electrons. The number of rotatable bonds is 6. The number of allylic oxidation sites excluding steroid dienone is 7. The molecule has 11 aromatic rings. The molecule has 4 aliphatic carbocycles. The minimum Gasteiger partial charge on any atom is -0.0759 e. The molecule has 0 nitrogen and oxygen atoms in total. The Kier molecular flexibility index (Phi) is 12.2. The summed E-state index contributed by atoms with van der Waals surface area (Å²) in [6.07, 6.45) is 11.0. The lowest BCUT2D eigenvalue weighted by atomic mass is 9.64. The maximum Gasteiger partial charge on any atom is 0.0352 e. The van der Waals surface area contributed by atoms with Crippen LogP contribution in [0.4, 0.5) is 0 Å². The van der Waals surface area contributed by atoms with E-state index >= 15 is 0 Å². The minimum atomic E-state index is -0.155. The number of fused-ring (bicyclic) bond motifs is 3. The van der Waals surface area contributed by atoms with Gasteiger partial charge in [0.15, 0.2) is 0 Å². The molecule has 0 bridgehead atoms. The SMILES string of the molecule is CC(C)(C)C1=CC2=CCc3cc(C(C)(C)C)cc4c3C2C(=C1)C(c1ccc(-c2ccc(-c3ccc5c(c3)C(C)(C)c3cc(-c6ccc(-c7ccc(-c8cc9cc(C(C)(C)C)cc%10ccc%11cc(C(C)(C)C)cc8c%11c%109)cc7)cc6)ccc3-5)cc2)cc1)=C4. The van der Waals surface area contributed by atoms with Crippen molar-refractivity contribution in [3.8, 4) is 66.8 Å². The zero-order chi connectivity index (χ0) is 60.4. The molecule has 11 aromatic carbocycles. The van der Waals surface area contributed by atoms with Gasteiger partial charge in [-0.1, -0.05) is 279 Å². The molecule has 0 heterocycles. The van der Waals surface area contributed by atoms with Crippen LogP contribution < -0.4 is 0 Å². The Morgan fingerprint density at radius 1 is 0.356 bits per heavy atom. The molecule has 0 saturated carbocycles. The second-order valence-corrected chi connectivity index (χ2v) is 30.6. The first kappa shape index (κ1) is 55.0. The highest BCUT2D eigenvalue weighted by Crippen LogP contribution is 2.55. The van der Waals surface area contributed by atoms with Crippen LogP contribution in [0.2, 0.25) is 0 Å². The fourth-order valence-electron chi connectivity index (χ4n) is 14.9. The Morgan fingerprint density at radius 2 is 0.793 bits per heavy atom. The van der Waals surface area contributed by atoms with Crippen LogP contribution >= 0.6 is 0 Å². The molecule has 428 valence electrons. The van der Waals surface area contributed by atoms with Gasteiger partial charge < -0.3 is 0 Å². The summed E-state index contributed by atoms with van der Waals surface area (Å²) in [5, 5.41) is 8.05. The van der Waals surface area contributed by atoms with Crippen molar-refractivity contribution >= 4 is 44.0 Å². The summed E-state index contributed by atoms with van der Waals surface area (Å²) >= 11 is 0. The standard InChI is InChI=1S/C87H80/c1-83(2,3)67-39-61-31-33-63-41-69(85(7,8)9)49-75-73(45-65(43-67)79(61)81(63)75)57-27-23-53(24-28-57)51-15-19-55(20-16-51)59-35-37-71-72-38-36-60(48-78(72)87(13,14)77(71)47-59)56-21-17-52(18-22-56)54-25-29-58(30-26-54)74-46-66-44-68(84(4,5)6)40-62-32-34-64-42-70(86(10,11)12)50-76(74)82(64)80(62)66/h15-31,33-50,82H,32H2,1-14H3. The largest absolute Gasteiger partial charge is 0.0759 e. The Labute approximate surface area is 517 Å². The fourth-order valence-corrected chi connectivity index (χ4v) is 14.9. The van der Waals surface area contributed by atoms with Gasteiger partial charge in [0.2, 0.25) is 0 Å². The molecule has 87 heavy (non-hydrogen) atoms. The maximum absolute atomic E-state index is 2.52. The number of benzene rings is 11. The molecule has 1 unspecified atom stereocenters. The van der Waals surface area contributed by atoms with E-state index in [1.165, 1.54) is 171 Å². The molecule has 0 aliphatic heterocycles. The third-order valence-corrected chi connectivity index (χ3v) is 20.3. The van der Waals surface area contributed by atoms with Gasteiger partial charge in [-0.25, -0.2) is 0 Å². The van der Waals surface area contributed by atoms with Crippen LogP contribution in [-0.2, 0) is 28.1 Å². The molecule has 0 fully saturated rings. The Hall–Kier alpha value is -8.58. The third-order valence-electron chi connectivity index (χ3n) is 20.3. The van der Waals surface area contributed by atoms with Crippen LogP contribution in [0.25, 0.3) is 111 Å². The zero-order valence-electron chi connectivity index (χ0n) is 53.5. The van der Waals surface area contributed by atoms with Crippen molar-refractivity contribution in [3.05, 3.63) is 273 Å². The van der Waals surface area contributed by atoms with Crippen LogP contribution in [0, 0.1) is 5.41 Å². The lowest BCUT2D eigenvalue weighted by Gasteiger charge is -2.40. The molecular formula is C87H80. The second kappa shape index (κ2) is 19.2. The van der Waals surface area contributed by atoms with Gasteiger partial charge in [-0.3, -0.25) is 0 Å². The second-order valence-electron chi connectivity index (χ2n) is 30.6. The minimum absolute atomic E-state index is 0.0296. The van der Waals surface area contributed by atoms with Crippen LogP contribution in [0.15, 0.2) is 223 Å². The summed E-state index contributed by atoms with van der Waals surface area (Å²) in [6.45, 7) is 32.8. The van der Waals surface area contributed by atoms with E-state index in [4.69, 9.17) is 0 Å². The number of hydrogen-bond acceptors (Lipinski definition) is 0. The lowest BCUT2D eigenvalue weighted by Crippen LogP contribution is -2.24. The van der Waals surface area contributed by atoms with Gasteiger partial charge in [-0.2, -0.15) is 0 Å². The van der Waals surface area contributed by atoms with Crippen molar-refractivity contribution < 1.29 is 0 Å². The Bertz CT molecular complexity index is 4800.